The number of aliphatic hydroxyl groups is 3. The fourth-order valence-electron chi connectivity index (χ4n) is 13.4. The Morgan fingerprint density at radius 1 is 0.667 bits per heavy atom. The highest BCUT2D eigenvalue weighted by Crippen LogP contribution is 2.59. The fourth-order valence-corrected chi connectivity index (χ4v) is 13.4. The average Bonchev–Trinajstić information content (AvgIpc) is 3.60. The predicted molar refractivity (Wildman–Crippen MR) is 267 cm³/mol. The summed E-state index contributed by atoms with van der Waals surface area (Å²) in [5.74, 6) is 0.205. The molecule has 0 spiro atoms. The van der Waals surface area contributed by atoms with Crippen LogP contribution in [0.25, 0.3) is 33.5 Å². The summed E-state index contributed by atoms with van der Waals surface area (Å²) in [6, 6.07) is 0. The lowest BCUT2D eigenvalue weighted by atomic mass is 9.68. The number of nitrogens with zero attached hydrogens (tertiary/aromatic N) is 12. The van der Waals surface area contributed by atoms with E-state index in [-0.39, 0.29) is 85.6 Å². The molecule has 6 aromatic rings. The molecule has 4 atom stereocenters. The molecule has 0 aliphatic heterocycles. The summed E-state index contributed by atoms with van der Waals surface area (Å²) in [5, 5.41) is 34.5. The monoisotopic (exact) mass is 1050 g/mol. The van der Waals surface area contributed by atoms with Gasteiger partial charge < -0.3 is 33.8 Å². The molecule has 4 fully saturated rings. The molecule has 408 valence electrons. The standard InChI is InChI=1S/C50H67F3N12O10/c1-57-27-54-37-33(57)40(66)63(43(69)60(37)4)20-14-28-9-8-15-47(72,21-28)23-32-55-38-34(58(32)2)41(67)64(44(70)61(38)5)24-29-10-12-30(13-11-29)49(74)22-31(49)36-56-39-35(59(36)3)42(68)65(45(71)62(39)6)25-46(26-75-7)16-18-48(73,19-17-46)50(51,52)53/h27-31,72-74H,8-26H2,1-7H3. The summed E-state index contributed by atoms with van der Waals surface area (Å²) in [4.78, 5) is 96.3. The number of methoxy groups -OCH3 is 1. The van der Waals surface area contributed by atoms with Gasteiger partial charge in [0.2, 0.25) is 0 Å². The number of aromatic nitrogens is 12. The molecule has 6 heterocycles. The first kappa shape index (κ1) is 52.5. The second-order valence-electron chi connectivity index (χ2n) is 22.9. The summed E-state index contributed by atoms with van der Waals surface area (Å²) >= 11 is 0. The molecule has 25 heteroatoms. The molecule has 0 aromatic carbocycles. The van der Waals surface area contributed by atoms with Gasteiger partial charge in [-0.1, -0.05) is 12.8 Å². The van der Waals surface area contributed by atoms with Crippen molar-refractivity contribution in [1.29, 1.82) is 0 Å². The first-order valence-corrected chi connectivity index (χ1v) is 25.9. The Bertz CT molecular complexity index is 3630. The van der Waals surface area contributed by atoms with Crippen LogP contribution in [0.3, 0.4) is 0 Å². The van der Waals surface area contributed by atoms with Crippen molar-refractivity contribution in [1.82, 2.24) is 56.1 Å². The van der Waals surface area contributed by atoms with Crippen molar-refractivity contribution in [3.05, 3.63) is 80.5 Å². The number of ether oxygens (including phenoxy) is 1. The summed E-state index contributed by atoms with van der Waals surface area (Å²) in [5.41, 5.74) is -8.13. The van der Waals surface area contributed by atoms with Crippen LogP contribution in [0.2, 0.25) is 0 Å². The van der Waals surface area contributed by atoms with E-state index in [1.165, 1.54) is 43.3 Å². The van der Waals surface area contributed by atoms with Crippen LogP contribution in [0.1, 0.15) is 107 Å². The minimum Gasteiger partial charge on any atom is -0.389 e. The Labute approximate surface area is 426 Å². The molecular weight excluding hydrogens is 986 g/mol. The molecule has 0 amide bonds. The normalized spacial score (nSPS) is 28.5. The van der Waals surface area contributed by atoms with E-state index >= 15 is 0 Å². The van der Waals surface area contributed by atoms with Gasteiger partial charge in [-0.3, -0.25) is 41.8 Å². The van der Waals surface area contributed by atoms with Crippen LogP contribution in [0.15, 0.2) is 35.1 Å². The largest absolute Gasteiger partial charge is 0.417 e. The Hall–Kier alpha value is -5.92. The Morgan fingerprint density at radius 3 is 1.91 bits per heavy atom. The quantitative estimate of drug-likeness (QED) is 0.149. The molecule has 4 aliphatic rings. The van der Waals surface area contributed by atoms with Gasteiger partial charge >= 0.3 is 23.2 Å². The minimum atomic E-state index is -4.83. The molecule has 6 aromatic heterocycles. The van der Waals surface area contributed by atoms with Gasteiger partial charge in [-0.25, -0.2) is 29.3 Å². The lowest BCUT2D eigenvalue weighted by molar-refractivity contribution is -0.277. The molecule has 4 unspecified atom stereocenters. The van der Waals surface area contributed by atoms with Crippen molar-refractivity contribution in [2.45, 2.75) is 145 Å². The lowest BCUT2D eigenvalue weighted by Gasteiger charge is -2.44. The van der Waals surface area contributed by atoms with Gasteiger partial charge in [-0.2, -0.15) is 13.2 Å². The third-order valence-corrected chi connectivity index (χ3v) is 18.1. The molecule has 0 bridgehead atoms. The molecular formula is C50H67F3N12O10. The van der Waals surface area contributed by atoms with E-state index < -0.39 is 80.9 Å². The molecule has 0 saturated heterocycles. The van der Waals surface area contributed by atoms with E-state index in [4.69, 9.17) is 14.7 Å². The van der Waals surface area contributed by atoms with E-state index in [1.807, 2.05) is 0 Å². The second-order valence-corrected chi connectivity index (χ2v) is 22.9. The predicted octanol–water partition coefficient (Wildman–Crippen LogP) is 1.71. The van der Waals surface area contributed by atoms with Crippen LogP contribution in [0.4, 0.5) is 13.2 Å². The number of aryl methyl sites for hydroxylation is 6. The van der Waals surface area contributed by atoms with Crippen molar-refractivity contribution in [2.75, 3.05) is 13.7 Å². The average molecular weight is 1050 g/mol. The van der Waals surface area contributed by atoms with Gasteiger partial charge in [0.05, 0.1) is 24.1 Å². The Morgan fingerprint density at radius 2 is 1.25 bits per heavy atom. The molecule has 4 saturated carbocycles. The maximum absolute atomic E-state index is 14.3. The van der Waals surface area contributed by atoms with Crippen molar-refractivity contribution in [2.24, 2.45) is 65.5 Å². The third-order valence-electron chi connectivity index (χ3n) is 18.1. The summed E-state index contributed by atoms with van der Waals surface area (Å²) in [6.45, 7) is 0.0817. The number of rotatable bonds is 13. The van der Waals surface area contributed by atoms with Crippen LogP contribution in [-0.2, 0) is 73.1 Å². The fraction of sp³-hybridized carbons (Fsp3) is 0.700. The van der Waals surface area contributed by atoms with Crippen LogP contribution >= 0.6 is 0 Å². The topological polar surface area (TPSA) is 255 Å². The highest BCUT2D eigenvalue weighted by atomic mass is 19.4. The third kappa shape index (κ3) is 8.59. The van der Waals surface area contributed by atoms with Crippen LogP contribution in [-0.4, -0.2) is 108 Å². The van der Waals surface area contributed by atoms with Gasteiger partial charge in [0.25, 0.3) is 16.7 Å². The zero-order chi connectivity index (χ0) is 54.1. The van der Waals surface area contributed by atoms with E-state index in [9.17, 15) is 57.3 Å². The van der Waals surface area contributed by atoms with E-state index in [0.717, 1.165) is 11.0 Å². The molecule has 22 nitrogen and oxygen atoms in total. The van der Waals surface area contributed by atoms with Gasteiger partial charge in [-0.15, -0.1) is 0 Å². The van der Waals surface area contributed by atoms with Crippen LogP contribution in [0.5, 0.6) is 0 Å². The summed E-state index contributed by atoms with van der Waals surface area (Å²) in [6.07, 6.45) is 1.02. The van der Waals surface area contributed by atoms with Crippen LogP contribution < -0.4 is 33.7 Å². The van der Waals surface area contributed by atoms with Crippen molar-refractivity contribution >= 4 is 33.5 Å². The molecule has 75 heavy (non-hydrogen) atoms. The molecule has 4 aliphatic carbocycles. The Kier molecular flexibility index (Phi) is 12.9. The van der Waals surface area contributed by atoms with Crippen molar-refractivity contribution in [3.63, 3.8) is 0 Å². The highest BCUT2D eigenvalue weighted by Gasteiger charge is 2.61. The van der Waals surface area contributed by atoms with E-state index in [0.29, 0.717) is 80.6 Å². The zero-order valence-corrected chi connectivity index (χ0v) is 43.5. The van der Waals surface area contributed by atoms with Gasteiger partial charge in [0.15, 0.2) is 39.1 Å². The zero-order valence-electron chi connectivity index (χ0n) is 43.5. The molecule has 3 N–H and O–H groups in total. The summed E-state index contributed by atoms with van der Waals surface area (Å²) in [7, 11) is 11.1. The number of fused-ring (bicyclic) bond motifs is 3. The summed E-state index contributed by atoms with van der Waals surface area (Å²) < 4.78 is 58.8. The number of halogens is 3. The Balaban J connectivity index is 0.807. The molecule has 0 radical (unpaired) electrons. The highest BCUT2D eigenvalue weighted by molar-refractivity contribution is 5.72. The lowest BCUT2D eigenvalue weighted by Crippen LogP contribution is -2.53. The number of hydrogen-bond donors (Lipinski definition) is 3. The molecule has 10 rings (SSSR count). The van der Waals surface area contributed by atoms with E-state index in [2.05, 4.69) is 4.98 Å². The van der Waals surface area contributed by atoms with Gasteiger partial charge in [0, 0.05) is 86.8 Å². The first-order chi connectivity index (χ1) is 35.3. The first-order valence-electron chi connectivity index (χ1n) is 25.9. The maximum atomic E-state index is 14.3. The van der Waals surface area contributed by atoms with E-state index in [1.54, 1.807) is 48.9 Å². The number of hydrogen-bond acceptors (Lipinski definition) is 13. The maximum Gasteiger partial charge on any atom is 0.417 e. The van der Waals surface area contributed by atoms with Gasteiger partial charge in [-0.05, 0) is 94.8 Å². The second kappa shape index (κ2) is 18.4. The smallest absolute Gasteiger partial charge is 0.389 e. The number of imidazole rings is 3. The minimum absolute atomic E-state index is 0.00299. The SMILES string of the molecule is COCC1(Cn2c(=O)c3c(nc(C4CC4(O)C4CCC(Cn5c(=O)c6c(nc(CC7(O)CCCC(CCn8c(=O)c9c(ncn9C)n(C)c8=O)C7)n6C)n(C)c5=O)CC4)n3C)n(C)c2=O)CCC(O)(C(F)(F)F)CC1. The van der Waals surface area contributed by atoms with Crippen molar-refractivity contribution in [3.8, 4) is 0 Å². The number of alkyl halides is 3. The van der Waals surface area contributed by atoms with Crippen LogP contribution in [0, 0.1) is 23.2 Å². The van der Waals surface area contributed by atoms with Crippen molar-refractivity contribution < 1.29 is 33.2 Å². The van der Waals surface area contributed by atoms with Gasteiger partial charge in [0.1, 0.15) is 11.6 Å².